The van der Waals surface area contributed by atoms with Crippen molar-refractivity contribution in [2.75, 3.05) is 7.11 Å². The summed E-state index contributed by atoms with van der Waals surface area (Å²) in [5, 5.41) is 6.23. The predicted molar refractivity (Wildman–Crippen MR) is 84.2 cm³/mol. The Morgan fingerprint density at radius 1 is 1.05 bits per heavy atom. The van der Waals surface area contributed by atoms with Gasteiger partial charge in [-0.1, -0.05) is 18.2 Å². The van der Waals surface area contributed by atoms with Crippen LogP contribution in [0.3, 0.4) is 0 Å². The zero-order valence-electron chi connectivity index (χ0n) is 12.5. The van der Waals surface area contributed by atoms with Crippen molar-refractivity contribution >= 4 is 10.8 Å². The molecule has 0 aromatic heterocycles. The van der Waals surface area contributed by atoms with Gasteiger partial charge in [0.2, 0.25) is 0 Å². The van der Waals surface area contributed by atoms with Gasteiger partial charge in [-0.2, -0.15) is 0 Å². The molecule has 2 atom stereocenters. The third kappa shape index (κ3) is 2.80. The quantitative estimate of drug-likeness (QED) is 0.874. The van der Waals surface area contributed by atoms with Crippen molar-refractivity contribution in [2.45, 2.75) is 38.8 Å². The minimum absolute atomic E-state index is 0.400. The van der Waals surface area contributed by atoms with Crippen LogP contribution in [-0.4, -0.2) is 13.2 Å². The highest BCUT2D eigenvalue weighted by Gasteiger charge is 2.28. The fourth-order valence-corrected chi connectivity index (χ4v) is 2.86. The molecule has 1 aliphatic rings. The monoisotopic (exact) mass is 269 g/mol. The minimum Gasteiger partial charge on any atom is -0.497 e. The lowest BCUT2D eigenvalue weighted by Crippen LogP contribution is -2.30. The van der Waals surface area contributed by atoms with E-state index in [2.05, 4.69) is 49.5 Å². The van der Waals surface area contributed by atoms with Gasteiger partial charge in [-0.05, 0) is 67.1 Å². The Morgan fingerprint density at radius 3 is 2.45 bits per heavy atom. The lowest BCUT2D eigenvalue weighted by molar-refractivity contribution is 0.415. The van der Waals surface area contributed by atoms with Gasteiger partial charge >= 0.3 is 0 Å². The molecule has 2 aromatic rings. The van der Waals surface area contributed by atoms with E-state index in [0.717, 1.165) is 11.7 Å². The molecular weight excluding hydrogens is 246 g/mol. The van der Waals surface area contributed by atoms with Gasteiger partial charge < -0.3 is 10.1 Å². The second-order valence-electron chi connectivity index (χ2n) is 5.99. The van der Waals surface area contributed by atoms with Crippen LogP contribution >= 0.6 is 0 Å². The van der Waals surface area contributed by atoms with Crippen LogP contribution < -0.4 is 10.1 Å². The standard InChI is InChI=1S/C18H23NO/c1-12(14-4-5-14)19-13(2)15-6-7-17-11-18(20-3)9-8-16(17)10-15/h6-14,19H,4-5H2,1-3H3. The average Bonchev–Trinajstić information content (AvgIpc) is 3.30. The third-order valence-electron chi connectivity index (χ3n) is 4.41. The van der Waals surface area contributed by atoms with Crippen molar-refractivity contribution in [2.24, 2.45) is 5.92 Å². The first-order valence-electron chi connectivity index (χ1n) is 7.51. The van der Waals surface area contributed by atoms with E-state index in [1.54, 1.807) is 7.11 Å². The first kappa shape index (κ1) is 13.4. The molecule has 1 N–H and O–H groups in total. The lowest BCUT2D eigenvalue weighted by Gasteiger charge is -2.20. The first-order chi connectivity index (χ1) is 9.67. The first-order valence-corrected chi connectivity index (χ1v) is 7.51. The van der Waals surface area contributed by atoms with E-state index >= 15 is 0 Å². The van der Waals surface area contributed by atoms with Crippen LogP contribution in [0.2, 0.25) is 0 Å². The topological polar surface area (TPSA) is 21.3 Å². The summed E-state index contributed by atoms with van der Waals surface area (Å²) < 4.78 is 5.27. The fraction of sp³-hybridized carbons (Fsp3) is 0.444. The highest BCUT2D eigenvalue weighted by atomic mass is 16.5. The van der Waals surface area contributed by atoms with Crippen LogP contribution in [-0.2, 0) is 0 Å². The van der Waals surface area contributed by atoms with E-state index in [4.69, 9.17) is 4.74 Å². The fourth-order valence-electron chi connectivity index (χ4n) is 2.86. The van der Waals surface area contributed by atoms with Crippen LogP contribution in [0.4, 0.5) is 0 Å². The zero-order chi connectivity index (χ0) is 14.1. The summed E-state index contributed by atoms with van der Waals surface area (Å²) in [4.78, 5) is 0. The van der Waals surface area contributed by atoms with Crippen molar-refractivity contribution in [3.63, 3.8) is 0 Å². The molecule has 2 heteroatoms. The molecule has 1 fully saturated rings. The Kier molecular flexibility index (Phi) is 3.66. The highest BCUT2D eigenvalue weighted by Crippen LogP contribution is 2.33. The van der Waals surface area contributed by atoms with Gasteiger partial charge in [-0.15, -0.1) is 0 Å². The number of benzene rings is 2. The van der Waals surface area contributed by atoms with Gasteiger partial charge in [-0.3, -0.25) is 0 Å². The van der Waals surface area contributed by atoms with Gasteiger partial charge in [0.1, 0.15) is 5.75 Å². The number of hydrogen-bond donors (Lipinski definition) is 1. The summed E-state index contributed by atoms with van der Waals surface area (Å²) >= 11 is 0. The van der Waals surface area contributed by atoms with E-state index in [-0.39, 0.29) is 0 Å². The summed E-state index contributed by atoms with van der Waals surface area (Å²) in [6.07, 6.45) is 2.77. The maximum Gasteiger partial charge on any atom is 0.119 e. The van der Waals surface area contributed by atoms with Gasteiger partial charge in [0.15, 0.2) is 0 Å². The van der Waals surface area contributed by atoms with Crippen molar-refractivity contribution in [1.29, 1.82) is 0 Å². The smallest absolute Gasteiger partial charge is 0.119 e. The maximum atomic E-state index is 5.27. The molecule has 0 aliphatic heterocycles. The number of nitrogens with one attached hydrogen (secondary N) is 1. The minimum atomic E-state index is 0.400. The van der Waals surface area contributed by atoms with E-state index in [1.165, 1.54) is 29.2 Å². The van der Waals surface area contributed by atoms with Crippen molar-refractivity contribution in [3.8, 4) is 5.75 Å². The normalized spacial score (nSPS) is 17.9. The van der Waals surface area contributed by atoms with Gasteiger partial charge in [0, 0.05) is 12.1 Å². The van der Waals surface area contributed by atoms with Gasteiger partial charge in [0.05, 0.1) is 7.11 Å². The summed E-state index contributed by atoms with van der Waals surface area (Å²) in [7, 11) is 1.71. The Balaban J connectivity index is 1.80. The molecule has 106 valence electrons. The molecule has 0 heterocycles. The number of ether oxygens (including phenoxy) is 1. The highest BCUT2D eigenvalue weighted by molar-refractivity contribution is 5.84. The molecule has 20 heavy (non-hydrogen) atoms. The molecule has 2 aromatic carbocycles. The lowest BCUT2D eigenvalue weighted by atomic mass is 10.0. The van der Waals surface area contributed by atoms with Gasteiger partial charge in [0.25, 0.3) is 0 Å². The molecular formula is C18H23NO. The average molecular weight is 269 g/mol. The SMILES string of the molecule is COc1ccc2cc(C(C)NC(C)C3CC3)ccc2c1. The second kappa shape index (κ2) is 5.45. The Bertz CT molecular complexity index is 603. The molecule has 1 aliphatic carbocycles. The summed E-state index contributed by atoms with van der Waals surface area (Å²) in [6.45, 7) is 4.56. The number of fused-ring (bicyclic) bond motifs is 1. The molecule has 3 rings (SSSR count). The molecule has 0 amide bonds. The third-order valence-corrected chi connectivity index (χ3v) is 4.41. The molecule has 0 spiro atoms. The maximum absolute atomic E-state index is 5.27. The Morgan fingerprint density at radius 2 is 1.75 bits per heavy atom. The molecule has 1 saturated carbocycles. The largest absolute Gasteiger partial charge is 0.497 e. The van der Waals surface area contributed by atoms with Crippen LogP contribution in [0.1, 0.15) is 38.3 Å². The number of methoxy groups -OCH3 is 1. The summed E-state index contributed by atoms with van der Waals surface area (Å²) in [5.41, 5.74) is 1.36. The van der Waals surface area contributed by atoms with Crippen LogP contribution in [0.15, 0.2) is 36.4 Å². The summed E-state index contributed by atoms with van der Waals surface area (Å²) in [5.74, 6) is 1.81. The molecule has 0 bridgehead atoms. The number of hydrogen-bond acceptors (Lipinski definition) is 2. The molecule has 2 unspecified atom stereocenters. The second-order valence-corrected chi connectivity index (χ2v) is 5.99. The molecule has 0 saturated heterocycles. The molecule has 2 nitrogen and oxygen atoms in total. The summed E-state index contributed by atoms with van der Waals surface area (Å²) in [6, 6.07) is 14.0. The van der Waals surface area contributed by atoms with Crippen LogP contribution in [0.25, 0.3) is 10.8 Å². The van der Waals surface area contributed by atoms with Crippen molar-refractivity contribution < 1.29 is 4.74 Å². The van der Waals surface area contributed by atoms with Crippen LogP contribution in [0, 0.1) is 5.92 Å². The van der Waals surface area contributed by atoms with Gasteiger partial charge in [-0.25, -0.2) is 0 Å². The van der Waals surface area contributed by atoms with E-state index < -0.39 is 0 Å². The zero-order valence-corrected chi connectivity index (χ0v) is 12.5. The van der Waals surface area contributed by atoms with Crippen molar-refractivity contribution in [1.82, 2.24) is 5.32 Å². The molecule has 0 radical (unpaired) electrons. The Labute approximate surface area is 121 Å². The van der Waals surface area contributed by atoms with E-state index in [1.807, 2.05) is 6.07 Å². The Hall–Kier alpha value is -1.54. The predicted octanol–water partition coefficient (Wildman–Crippen LogP) is 4.30. The van der Waals surface area contributed by atoms with E-state index in [0.29, 0.717) is 12.1 Å². The van der Waals surface area contributed by atoms with E-state index in [9.17, 15) is 0 Å². The number of rotatable bonds is 5. The van der Waals surface area contributed by atoms with Crippen LogP contribution in [0.5, 0.6) is 5.75 Å². The van der Waals surface area contributed by atoms with Crippen molar-refractivity contribution in [3.05, 3.63) is 42.0 Å².